The van der Waals surface area contributed by atoms with Gasteiger partial charge < -0.3 is 5.32 Å². The minimum atomic E-state index is -0.921. The number of carbonyl (C=O) groups is 4. The molecular formula is C24H30N4O4. The number of imide groups is 2. The van der Waals surface area contributed by atoms with E-state index in [9.17, 15) is 19.2 Å². The molecule has 1 aromatic rings. The van der Waals surface area contributed by atoms with Gasteiger partial charge in [-0.1, -0.05) is 12.5 Å². The molecule has 0 saturated carbocycles. The molecule has 0 aliphatic carbocycles. The van der Waals surface area contributed by atoms with Crippen LogP contribution in [-0.2, 0) is 16.1 Å². The smallest absolute Gasteiger partial charge is 0.262 e. The summed E-state index contributed by atoms with van der Waals surface area (Å²) in [6.07, 6.45) is 6.39. The van der Waals surface area contributed by atoms with E-state index in [2.05, 4.69) is 15.5 Å². The molecule has 8 heteroatoms. The summed E-state index contributed by atoms with van der Waals surface area (Å²) < 4.78 is 0. The molecule has 4 heterocycles. The minimum Gasteiger partial charge on any atom is -0.317 e. The molecule has 0 bridgehead atoms. The standard InChI is InChI=1S/C24H30N4O4/c29-21-7-6-20(22(30)26-21)28-23(31)17-5-4-15(13-18(17)24(28)32)14-27-12-2-1-3-19(27)16-8-10-25-11-9-16/h4-5,13,16,19-20,25H,1-3,6-12,14H2,(H,26,29,30). The van der Waals surface area contributed by atoms with Crippen molar-refractivity contribution < 1.29 is 19.2 Å². The van der Waals surface area contributed by atoms with E-state index in [1.54, 1.807) is 6.07 Å². The monoisotopic (exact) mass is 438 g/mol. The molecule has 4 aliphatic rings. The molecular weight excluding hydrogens is 408 g/mol. The van der Waals surface area contributed by atoms with Crippen LogP contribution in [0.2, 0.25) is 0 Å². The van der Waals surface area contributed by atoms with Crippen LogP contribution in [0.3, 0.4) is 0 Å². The maximum Gasteiger partial charge on any atom is 0.262 e. The van der Waals surface area contributed by atoms with E-state index in [4.69, 9.17) is 0 Å². The molecule has 0 aromatic heterocycles. The number of amides is 4. The minimum absolute atomic E-state index is 0.127. The van der Waals surface area contributed by atoms with Crippen molar-refractivity contribution >= 4 is 23.6 Å². The fraction of sp³-hybridized carbons (Fsp3) is 0.583. The van der Waals surface area contributed by atoms with Gasteiger partial charge in [0.05, 0.1) is 11.1 Å². The maximum absolute atomic E-state index is 13.1. The van der Waals surface area contributed by atoms with E-state index in [0.29, 0.717) is 23.1 Å². The third-order valence-electron chi connectivity index (χ3n) is 7.48. The number of carbonyl (C=O) groups excluding carboxylic acids is 4. The molecule has 2 N–H and O–H groups in total. The Morgan fingerprint density at radius 1 is 0.906 bits per heavy atom. The molecule has 8 nitrogen and oxygen atoms in total. The zero-order chi connectivity index (χ0) is 22.2. The molecule has 1 aromatic carbocycles. The average Bonchev–Trinajstić information content (AvgIpc) is 3.05. The second-order valence-corrected chi connectivity index (χ2v) is 9.45. The first kappa shape index (κ1) is 21.3. The highest BCUT2D eigenvalue weighted by Crippen LogP contribution is 2.32. The van der Waals surface area contributed by atoms with Crippen LogP contribution in [0.4, 0.5) is 0 Å². The van der Waals surface area contributed by atoms with Crippen LogP contribution < -0.4 is 10.6 Å². The van der Waals surface area contributed by atoms with E-state index in [1.807, 2.05) is 12.1 Å². The van der Waals surface area contributed by atoms with E-state index in [-0.39, 0.29) is 18.7 Å². The number of hydrogen-bond acceptors (Lipinski definition) is 6. The molecule has 5 rings (SSSR count). The predicted octanol–water partition coefficient (Wildman–Crippen LogP) is 1.44. The van der Waals surface area contributed by atoms with Gasteiger partial charge in [0, 0.05) is 19.0 Å². The lowest BCUT2D eigenvalue weighted by atomic mass is 9.84. The Hall–Kier alpha value is -2.58. The Kier molecular flexibility index (Phi) is 5.82. The van der Waals surface area contributed by atoms with Crippen LogP contribution in [0.15, 0.2) is 18.2 Å². The van der Waals surface area contributed by atoms with E-state index >= 15 is 0 Å². The number of benzene rings is 1. The molecule has 0 spiro atoms. The summed E-state index contributed by atoms with van der Waals surface area (Å²) in [5.41, 5.74) is 1.74. The lowest BCUT2D eigenvalue weighted by Crippen LogP contribution is -2.54. The van der Waals surface area contributed by atoms with Gasteiger partial charge in [0.25, 0.3) is 11.8 Å². The number of fused-ring (bicyclic) bond motifs is 1. The third-order valence-corrected chi connectivity index (χ3v) is 7.48. The highest BCUT2D eigenvalue weighted by atomic mass is 16.2. The second-order valence-electron chi connectivity index (χ2n) is 9.45. The average molecular weight is 439 g/mol. The number of piperidine rings is 3. The highest BCUT2D eigenvalue weighted by molar-refractivity contribution is 6.23. The van der Waals surface area contributed by atoms with Crippen molar-refractivity contribution in [3.63, 3.8) is 0 Å². The van der Waals surface area contributed by atoms with Crippen LogP contribution in [0.1, 0.15) is 71.2 Å². The zero-order valence-corrected chi connectivity index (χ0v) is 18.3. The van der Waals surface area contributed by atoms with Crippen LogP contribution in [0, 0.1) is 5.92 Å². The molecule has 4 amide bonds. The number of rotatable bonds is 4. The number of likely N-dealkylation sites (tertiary alicyclic amines) is 1. The lowest BCUT2D eigenvalue weighted by Gasteiger charge is -2.42. The van der Waals surface area contributed by atoms with Gasteiger partial charge in [-0.05, 0) is 75.4 Å². The Balaban J connectivity index is 1.34. The fourth-order valence-electron chi connectivity index (χ4n) is 5.83. The predicted molar refractivity (Wildman–Crippen MR) is 117 cm³/mol. The van der Waals surface area contributed by atoms with Gasteiger partial charge in [-0.25, -0.2) is 0 Å². The largest absolute Gasteiger partial charge is 0.317 e. The van der Waals surface area contributed by atoms with Crippen LogP contribution in [0.5, 0.6) is 0 Å². The summed E-state index contributed by atoms with van der Waals surface area (Å²) in [5.74, 6) is -1.12. The topological polar surface area (TPSA) is 98.8 Å². The van der Waals surface area contributed by atoms with E-state index < -0.39 is 23.8 Å². The van der Waals surface area contributed by atoms with Crippen molar-refractivity contribution in [1.29, 1.82) is 0 Å². The normalized spacial score (nSPS) is 27.6. The van der Waals surface area contributed by atoms with Crippen molar-refractivity contribution in [3.8, 4) is 0 Å². The summed E-state index contributed by atoms with van der Waals surface area (Å²) in [6.45, 7) is 3.99. The quantitative estimate of drug-likeness (QED) is 0.691. The number of nitrogens with one attached hydrogen (secondary N) is 2. The van der Waals surface area contributed by atoms with Gasteiger partial charge in [-0.2, -0.15) is 0 Å². The van der Waals surface area contributed by atoms with Crippen molar-refractivity contribution in [2.45, 2.75) is 63.6 Å². The summed E-state index contributed by atoms with van der Waals surface area (Å²) >= 11 is 0. The van der Waals surface area contributed by atoms with Crippen LogP contribution in [0.25, 0.3) is 0 Å². The summed E-state index contributed by atoms with van der Waals surface area (Å²) in [4.78, 5) is 53.3. The molecule has 0 radical (unpaired) electrons. The van der Waals surface area contributed by atoms with Gasteiger partial charge >= 0.3 is 0 Å². The van der Waals surface area contributed by atoms with Crippen molar-refractivity contribution in [2.75, 3.05) is 19.6 Å². The number of hydrogen-bond donors (Lipinski definition) is 2. The molecule has 32 heavy (non-hydrogen) atoms. The maximum atomic E-state index is 13.1. The van der Waals surface area contributed by atoms with Gasteiger partial charge in [-0.15, -0.1) is 0 Å². The second kappa shape index (κ2) is 8.75. The van der Waals surface area contributed by atoms with E-state index in [0.717, 1.165) is 36.6 Å². The Bertz CT molecular complexity index is 955. The summed E-state index contributed by atoms with van der Waals surface area (Å²) in [6, 6.07) is 5.13. The molecule has 3 fully saturated rings. The molecule has 170 valence electrons. The SMILES string of the molecule is O=C1CCC(N2C(=O)c3ccc(CN4CCCCC4C4CCNCC4)cc3C2=O)C(=O)N1. The van der Waals surface area contributed by atoms with Crippen LogP contribution >= 0.6 is 0 Å². The first-order chi connectivity index (χ1) is 15.5. The first-order valence-corrected chi connectivity index (χ1v) is 11.8. The van der Waals surface area contributed by atoms with Crippen LogP contribution in [-0.4, -0.2) is 65.1 Å². The van der Waals surface area contributed by atoms with Crippen molar-refractivity contribution in [1.82, 2.24) is 20.4 Å². The Morgan fingerprint density at radius 3 is 2.47 bits per heavy atom. The van der Waals surface area contributed by atoms with E-state index in [1.165, 1.54) is 32.1 Å². The van der Waals surface area contributed by atoms with Gasteiger partial charge in [0.2, 0.25) is 11.8 Å². The summed E-state index contributed by atoms with van der Waals surface area (Å²) in [7, 11) is 0. The Labute approximate surface area is 187 Å². The lowest BCUT2D eigenvalue weighted by molar-refractivity contribution is -0.136. The van der Waals surface area contributed by atoms with Gasteiger partial charge in [0.1, 0.15) is 6.04 Å². The summed E-state index contributed by atoms with van der Waals surface area (Å²) in [5, 5.41) is 5.69. The molecule has 2 atom stereocenters. The molecule has 4 aliphatic heterocycles. The highest BCUT2D eigenvalue weighted by Gasteiger charge is 2.44. The van der Waals surface area contributed by atoms with Crippen molar-refractivity contribution in [3.05, 3.63) is 34.9 Å². The number of nitrogens with zero attached hydrogens (tertiary/aromatic N) is 2. The Morgan fingerprint density at radius 2 is 1.69 bits per heavy atom. The third kappa shape index (κ3) is 3.86. The fourth-order valence-corrected chi connectivity index (χ4v) is 5.83. The van der Waals surface area contributed by atoms with Gasteiger partial charge in [0.15, 0.2) is 0 Å². The molecule has 3 saturated heterocycles. The van der Waals surface area contributed by atoms with Gasteiger partial charge in [-0.3, -0.25) is 34.3 Å². The zero-order valence-electron chi connectivity index (χ0n) is 18.3. The molecule has 2 unspecified atom stereocenters. The van der Waals surface area contributed by atoms with Crippen molar-refractivity contribution in [2.24, 2.45) is 5.92 Å². The first-order valence-electron chi connectivity index (χ1n) is 11.8.